The average molecular weight is 422 g/mol. The number of aromatic nitrogens is 3. The first-order valence-electron chi connectivity index (χ1n) is 8.67. The molecule has 0 spiro atoms. The van der Waals surface area contributed by atoms with Crippen molar-refractivity contribution in [2.24, 2.45) is 5.41 Å². The van der Waals surface area contributed by atoms with Crippen LogP contribution in [0.4, 0.5) is 0 Å². The van der Waals surface area contributed by atoms with Gasteiger partial charge in [-0.2, -0.15) is 5.10 Å². The Morgan fingerprint density at radius 3 is 2.14 bits per heavy atom. The minimum Gasteiger partial charge on any atom is -0.466 e. The molecule has 28 heavy (non-hydrogen) atoms. The molecule has 0 saturated carbocycles. The van der Waals surface area contributed by atoms with Crippen LogP contribution in [0.1, 0.15) is 20.1 Å². The van der Waals surface area contributed by atoms with Crippen LogP contribution < -0.4 is 9.47 Å². The van der Waals surface area contributed by atoms with E-state index >= 15 is 0 Å². The molecule has 0 aliphatic carbocycles. The van der Waals surface area contributed by atoms with Gasteiger partial charge in [-0.25, -0.2) is 9.67 Å². The second-order valence-corrected chi connectivity index (χ2v) is 7.68. The van der Waals surface area contributed by atoms with Gasteiger partial charge in [-0.05, 0) is 48.5 Å². The molecule has 2 unspecified atom stereocenters. The molecule has 3 aromatic rings. The highest BCUT2D eigenvalue weighted by Crippen LogP contribution is 2.32. The molecule has 0 aliphatic rings. The molecule has 2 atom stereocenters. The van der Waals surface area contributed by atoms with Crippen molar-refractivity contribution in [2.45, 2.75) is 26.2 Å². The maximum Gasteiger partial charge on any atom is 0.219 e. The fourth-order valence-corrected chi connectivity index (χ4v) is 2.73. The number of hydrogen-bond donors (Lipinski definition) is 1. The molecule has 0 aliphatic heterocycles. The van der Waals surface area contributed by atoms with Crippen LogP contribution in [-0.4, -0.2) is 31.9 Å². The van der Waals surface area contributed by atoms with Crippen molar-refractivity contribution in [3.63, 3.8) is 0 Å². The molecule has 0 fully saturated rings. The second kappa shape index (κ2) is 8.82. The molecule has 1 aromatic heterocycles. The largest absolute Gasteiger partial charge is 0.466 e. The molecule has 0 bridgehead atoms. The Morgan fingerprint density at radius 2 is 1.61 bits per heavy atom. The molecular formula is C20H21Cl2N3O3. The van der Waals surface area contributed by atoms with Crippen molar-refractivity contribution >= 4 is 23.2 Å². The molecule has 1 N–H and O–H groups in total. The summed E-state index contributed by atoms with van der Waals surface area (Å²) in [7, 11) is 0. The van der Waals surface area contributed by atoms with E-state index in [0.717, 1.165) is 0 Å². The van der Waals surface area contributed by atoms with Gasteiger partial charge >= 0.3 is 0 Å². The van der Waals surface area contributed by atoms with E-state index in [0.29, 0.717) is 22.3 Å². The lowest BCUT2D eigenvalue weighted by molar-refractivity contribution is -0.0718. The van der Waals surface area contributed by atoms with Gasteiger partial charge in [0.05, 0.1) is 0 Å². The van der Waals surface area contributed by atoms with E-state index in [1.54, 1.807) is 48.5 Å². The van der Waals surface area contributed by atoms with Crippen molar-refractivity contribution in [3.8, 4) is 17.2 Å². The zero-order valence-corrected chi connectivity index (χ0v) is 17.0. The normalized spacial score (nSPS) is 13.8. The Bertz CT molecular complexity index is 869. The van der Waals surface area contributed by atoms with Crippen LogP contribution in [0.5, 0.6) is 17.2 Å². The van der Waals surface area contributed by atoms with Crippen LogP contribution in [-0.2, 0) is 0 Å². The SMILES string of the molecule is CC(C)(CCl)C(O)C(Oc1ccc(Oc2ccc(Cl)cc2)cc1)n1cncn1. The highest BCUT2D eigenvalue weighted by Gasteiger charge is 2.37. The van der Waals surface area contributed by atoms with Crippen molar-refractivity contribution in [2.75, 3.05) is 5.88 Å². The maximum atomic E-state index is 10.8. The van der Waals surface area contributed by atoms with Gasteiger partial charge < -0.3 is 14.6 Å². The van der Waals surface area contributed by atoms with Crippen molar-refractivity contribution < 1.29 is 14.6 Å². The average Bonchev–Trinajstić information content (AvgIpc) is 3.23. The third-order valence-electron chi connectivity index (χ3n) is 4.24. The van der Waals surface area contributed by atoms with E-state index < -0.39 is 17.7 Å². The third kappa shape index (κ3) is 4.95. The summed E-state index contributed by atoms with van der Waals surface area (Å²) in [6.07, 6.45) is 1.20. The standard InChI is InChI=1S/C20H21Cl2N3O3/c1-20(2,11-21)18(26)19(25-13-23-12-24-25)28-17-9-7-16(8-10-17)27-15-5-3-14(22)4-6-15/h3-10,12-13,18-19,26H,11H2,1-2H3. The smallest absolute Gasteiger partial charge is 0.219 e. The van der Waals surface area contributed by atoms with E-state index in [4.69, 9.17) is 32.7 Å². The van der Waals surface area contributed by atoms with Gasteiger partial charge in [0.25, 0.3) is 0 Å². The summed E-state index contributed by atoms with van der Waals surface area (Å²) >= 11 is 11.9. The third-order valence-corrected chi connectivity index (χ3v) is 5.18. The van der Waals surface area contributed by atoms with Crippen LogP contribution >= 0.6 is 23.2 Å². The molecule has 8 heteroatoms. The van der Waals surface area contributed by atoms with Crippen LogP contribution in [0, 0.1) is 5.41 Å². The Hall–Kier alpha value is -2.28. The molecule has 1 heterocycles. The molecule has 0 saturated heterocycles. The number of halogens is 2. The second-order valence-electron chi connectivity index (χ2n) is 6.98. The maximum absolute atomic E-state index is 10.8. The summed E-state index contributed by atoms with van der Waals surface area (Å²) in [6.45, 7) is 3.72. The number of aliphatic hydroxyl groups excluding tert-OH is 1. The Balaban J connectivity index is 1.75. The topological polar surface area (TPSA) is 69.4 Å². The lowest BCUT2D eigenvalue weighted by atomic mass is 9.87. The molecule has 148 valence electrons. The monoisotopic (exact) mass is 421 g/mol. The van der Waals surface area contributed by atoms with E-state index in [1.807, 2.05) is 13.8 Å². The quantitative estimate of drug-likeness (QED) is 0.522. The summed E-state index contributed by atoms with van der Waals surface area (Å²) in [6, 6.07) is 14.2. The summed E-state index contributed by atoms with van der Waals surface area (Å²) in [5.41, 5.74) is -0.587. The molecule has 0 amide bonds. The van der Waals surface area contributed by atoms with Crippen LogP contribution in [0.25, 0.3) is 0 Å². The van der Waals surface area contributed by atoms with Gasteiger partial charge in [0, 0.05) is 16.3 Å². The molecule has 3 rings (SSSR count). The van der Waals surface area contributed by atoms with E-state index in [9.17, 15) is 5.11 Å². The van der Waals surface area contributed by atoms with Crippen LogP contribution in [0.2, 0.25) is 5.02 Å². The van der Waals surface area contributed by atoms with Crippen molar-refractivity contribution in [1.29, 1.82) is 0 Å². The van der Waals surface area contributed by atoms with Gasteiger partial charge in [-0.15, -0.1) is 11.6 Å². The lowest BCUT2D eigenvalue weighted by Gasteiger charge is -2.34. The molecule has 6 nitrogen and oxygen atoms in total. The predicted molar refractivity (Wildman–Crippen MR) is 108 cm³/mol. The summed E-state index contributed by atoms with van der Waals surface area (Å²) in [5.74, 6) is 2.14. The first kappa shape index (κ1) is 20.5. The summed E-state index contributed by atoms with van der Waals surface area (Å²) < 4.78 is 13.3. The first-order valence-corrected chi connectivity index (χ1v) is 9.58. The number of benzene rings is 2. The highest BCUT2D eigenvalue weighted by molar-refractivity contribution is 6.30. The molecule has 2 aromatic carbocycles. The van der Waals surface area contributed by atoms with E-state index in [2.05, 4.69) is 10.1 Å². The minimum atomic E-state index is -0.906. The molecule has 0 radical (unpaired) electrons. The predicted octanol–water partition coefficient (Wildman–Crippen LogP) is 4.93. The zero-order valence-electron chi connectivity index (χ0n) is 15.5. The summed E-state index contributed by atoms with van der Waals surface area (Å²) in [5, 5.41) is 15.6. The van der Waals surface area contributed by atoms with Gasteiger partial charge in [0.2, 0.25) is 6.23 Å². The van der Waals surface area contributed by atoms with Crippen LogP contribution in [0.3, 0.4) is 0 Å². The highest BCUT2D eigenvalue weighted by atomic mass is 35.5. The van der Waals surface area contributed by atoms with Gasteiger partial charge in [-0.3, -0.25) is 0 Å². The minimum absolute atomic E-state index is 0.261. The van der Waals surface area contributed by atoms with Gasteiger partial charge in [0.15, 0.2) is 0 Å². The number of aliphatic hydroxyl groups is 1. The van der Waals surface area contributed by atoms with E-state index in [-0.39, 0.29) is 5.88 Å². The fraction of sp³-hybridized carbons (Fsp3) is 0.300. The Kier molecular flexibility index (Phi) is 6.44. The van der Waals surface area contributed by atoms with E-state index in [1.165, 1.54) is 17.3 Å². The fourth-order valence-electron chi connectivity index (χ4n) is 2.44. The van der Waals surface area contributed by atoms with Gasteiger partial charge in [-0.1, -0.05) is 25.4 Å². The number of alkyl halides is 1. The number of hydrogen-bond acceptors (Lipinski definition) is 5. The van der Waals surface area contributed by atoms with Crippen molar-refractivity contribution in [3.05, 3.63) is 66.2 Å². The molecular weight excluding hydrogens is 401 g/mol. The first-order chi connectivity index (χ1) is 13.4. The van der Waals surface area contributed by atoms with Crippen LogP contribution in [0.15, 0.2) is 61.2 Å². The summed E-state index contributed by atoms with van der Waals surface area (Å²) in [4.78, 5) is 3.94. The van der Waals surface area contributed by atoms with Gasteiger partial charge in [0.1, 0.15) is 36.0 Å². The lowest BCUT2D eigenvalue weighted by Crippen LogP contribution is -2.41. The number of nitrogens with zero attached hydrogens (tertiary/aromatic N) is 3. The Labute approximate surface area is 173 Å². The zero-order chi connectivity index (χ0) is 20.1. The Morgan fingerprint density at radius 1 is 1.04 bits per heavy atom. The van der Waals surface area contributed by atoms with Crippen molar-refractivity contribution in [1.82, 2.24) is 14.8 Å². The number of rotatable bonds is 8. The number of ether oxygens (including phenoxy) is 2.